The highest BCUT2D eigenvalue weighted by molar-refractivity contribution is 14.0. The summed E-state index contributed by atoms with van der Waals surface area (Å²) in [4.78, 5) is 9.98. The fraction of sp³-hybridized carbons (Fsp3) is 0.474. The van der Waals surface area contributed by atoms with Crippen LogP contribution in [0.25, 0.3) is 0 Å². The quantitative estimate of drug-likeness (QED) is 0.363. The number of hydrogen-bond acceptors (Lipinski definition) is 4. The minimum Gasteiger partial charge on any atom is -0.474 e. The second kappa shape index (κ2) is 11.4. The number of hydrogen-bond donors (Lipinski definition) is 2. The molecule has 5 nitrogen and oxygen atoms in total. The van der Waals surface area contributed by atoms with E-state index in [2.05, 4.69) is 44.2 Å². The van der Waals surface area contributed by atoms with Crippen molar-refractivity contribution < 1.29 is 4.74 Å². The minimum absolute atomic E-state index is 0. The number of nitrogens with one attached hydrogen (secondary N) is 2. The van der Waals surface area contributed by atoms with Gasteiger partial charge in [-0.3, -0.25) is 4.99 Å². The molecule has 0 aromatic carbocycles. The van der Waals surface area contributed by atoms with Crippen LogP contribution < -0.4 is 15.4 Å². The fourth-order valence-corrected chi connectivity index (χ4v) is 3.57. The topological polar surface area (TPSA) is 58.5 Å². The molecule has 2 aromatic rings. The molecule has 7 heteroatoms. The summed E-state index contributed by atoms with van der Waals surface area (Å²) < 4.78 is 5.97. The van der Waals surface area contributed by atoms with Crippen LogP contribution in [0.3, 0.4) is 0 Å². The first-order valence-electron chi connectivity index (χ1n) is 8.92. The Morgan fingerprint density at radius 3 is 2.65 bits per heavy atom. The molecule has 1 saturated carbocycles. The Morgan fingerprint density at radius 1 is 1.19 bits per heavy atom. The Hall–Kier alpha value is -1.35. The van der Waals surface area contributed by atoms with E-state index in [1.807, 2.05) is 12.3 Å². The summed E-state index contributed by atoms with van der Waals surface area (Å²) in [5.74, 6) is 1.52. The van der Waals surface area contributed by atoms with Crippen molar-refractivity contribution in [3.05, 3.63) is 46.3 Å². The van der Waals surface area contributed by atoms with Gasteiger partial charge in [-0.1, -0.05) is 18.6 Å². The Bertz CT molecular complexity index is 655. The zero-order chi connectivity index (χ0) is 17.3. The largest absolute Gasteiger partial charge is 0.474 e. The fourth-order valence-electron chi connectivity index (χ4n) is 2.93. The van der Waals surface area contributed by atoms with Crippen molar-refractivity contribution in [2.75, 3.05) is 7.05 Å². The van der Waals surface area contributed by atoms with Gasteiger partial charge in [0.05, 0.1) is 6.54 Å². The summed E-state index contributed by atoms with van der Waals surface area (Å²) in [6.07, 6.45) is 8.38. The molecule has 0 amide bonds. The molecular weight excluding hydrogens is 459 g/mol. The molecule has 0 radical (unpaired) electrons. The van der Waals surface area contributed by atoms with Crippen molar-refractivity contribution in [3.63, 3.8) is 0 Å². The van der Waals surface area contributed by atoms with E-state index in [0.29, 0.717) is 12.6 Å². The van der Waals surface area contributed by atoms with Gasteiger partial charge in [-0.05, 0) is 42.7 Å². The normalized spacial score (nSPS) is 15.2. The molecule has 142 valence electrons. The molecule has 2 heterocycles. The molecule has 0 bridgehead atoms. The lowest BCUT2D eigenvalue weighted by molar-refractivity contribution is 0.148. The minimum atomic E-state index is 0. The molecular formula is C19H27IN4OS. The van der Waals surface area contributed by atoms with Gasteiger partial charge in [0, 0.05) is 30.7 Å². The summed E-state index contributed by atoms with van der Waals surface area (Å²) in [5, 5.41) is 8.70. The second-order valence-corrected chi connectivity index (χ2v) is 7.27. The van der Waals surface area contributed by atoms with Crippen molar-refractivity contribution >= 4 is 41.3 Å². The molecule has 0 atom stereocenters. The third-order valence-corrected chi connectivity index (χ3v) is 5.21. The van der Waals surface area contributed by atoms with E-state index in [-0.39, 0.29) is 24.0 Å². The molecule has 0 unspecified atom stereocenters. The van der Waals surface area contributed by atoms with E-state index < -0.39 is 0 Å². The molecule has 3 rings (SSSR count). The van der Waals surface area contributed by atoms with Gasteiger partial charge in [0.1, 0.15) is 6.10 Å². The predicted octanol–water partition coefficient (Wildman–Crippen LogP) is 4.34. The zero-order valence-corrected chi connectivity index (χ0v) is 18.3. The van der Waals surface area contributed by atoms with Crippen LogP contribution in [-0.2, 0) is 13.1 Å². The Balaban J connectivity index is 0.00000243. The number of aromatic nitrogens is 1. The summed E-state index contributed by atoms with van der Waals surface area (Å²) in [6.45, 7) is 1.46. The standard InChI is InChI=1S/C19H26N4OS.HI/c1-20-19(23-14-17-8-5-11-25-17)22-13-15-9-10-18(21-12-15)24-16-6-3-2-4-7-16;/h5,8-12,16H,2-4,6-7,13-14H2,1H3,(H2,20,22,23);1H. The van der Waals surface area contributed by atoms with Crippen LogP contribution >= 0.6 is 35.3 Å². The molecule has 0 spiro atoms. The highest BCUT2D eigenvalue weighted by atomic mass is 127. The number of halogens is 1. The van der Waals surface area contributed by atoms with Gasteiger partial charge >= 0.3 is 0 Å². The zero-order valence-electron chi connectivity index (χ0n) is 15.1. The Labute approximate surface area is 176 Å². The lowest BCUT2D eigenvalue weighted by atomic mass is 9.98. The summed E-state index contributed by atoms with van der Waals surface area (Å²) in [5.41, 5.74) is 1.11. The Morgan fingerprint density at radius 2 is 2.00 bits per heavy atom. The van der Waals surface area contributed by atoms with E-state index in [9.17, 15) is 0 Å². The highest BCUT2D eigenvalue weighted by Crippen LogP contribution is 2.22. The Kier molecular flexibility index (Phi) is 9.17. The molecule has 26 heavy (non-hydrogen) atoms. The number of ether oxygens (including phenoxy) is 1. The van der Waals surface area contributed by atoms with Gasteiger partial charge in [-0.2, -0.15) is 0 Å². The molecule has 1 aliphatic carbocycles. The second-order valence-electron chi connectivity index (χ2n) is 6.24. The first kappa shape index (κ1) is 21.0. The molecule has 1 aliphatic rings. The number of rotatable bonds is 6. The van der Waals surface area contributed by atoms with Crippen molar-refractivity contribution in [2.45, 2.75) is 51.3 Å². The third-order valence-electron chi connectivity index (χ3n) is 4.33. The third kappa shape index (κ3) is 6.75. The molecule has 0 aliphatic heterocycles. The van der Waals surface area contributed by atoms with Crippen LogP contribution in [0.4, 0.5) is 0 Å². The van der Waals surface area contributed by atoms with E-state index in [0.717, 1.165) is 36.8 Å². The van der Waals surface area contributed by atoms with E-state index in [4.69, 9.17) is 4.74 Å². The van der Waals surface area contributed by atoms with Gasteiger partial charge in [-0.15, -0.1) is 35.3 Å². The highest BCUT2D eigenvalue weighted by Gasteiger charge is 2.15. The van der Waals surface area contributed by atoms with E-state index in [1.165, 1.54) is 24.1 Å². The summed E-state index contributed by atoms with van der Waals surface area (Å²) >= 11 is 1.74. The number of nitrogens with zero attached hydrogens (tertiary/aromatic N) is 2. The molecule has 2 aromatic heterocycles. The van der Waals surface area contributed by atoms with Crippen molar-refractivity contribution in [1.29, 1.82) is 0 Å². The lowest BCUT2D eigenvalue weighted by Gasteiger charge is -2.22. The van der Waals surface area contributed by atoms with Gasteiger partial charge < -0.3 is 15.4 Å². The number of pyridine rings is 1. The summed E-state index contributed by atoms with van der Waals surface area (Å²) in [6, 6.07) is 8.19. The van der Waals surface area contributed by atoms with Gasteiger partial charge in [0.15, 0.2) is 5.96 Å². The summed E-state index contributed by atoms with van der Waals surface area (Å²) in [7, 11) is 1.78. The first-order chi connectivity index (χ1) is 12.3. The smallest absolute Gasteiger partial charge is 0.213 e. The molecule has 0 saturated heterocycles. The number of thiophene rings is 1. The number of aliphatic imine (C=N–C) groups is 1. The lowest BCUT2D eigenvalue weighted by Crippen LogP contribution is -2.36. The van der Waals surface area contributed by atoms with Gasteiger partial charge in [0.25, 0.3) is 0 Å². The number of guanidine groups is 1. The van der Waals surface area contributed by atoms with Crippen molar-refractivity contribution in [2.24, 2.45) is 4.99 Å². The molecule has 1 fully saturated rings. The molecule has 2 N–H and O–H groups in total. The van der Waals surface area contributed by atoms with Crippen LogP contribution in [0.5, 0.6) is 5.88 Å². The van der Waals surface area contributed by atoms with Gasteiger partial charge in [-0.25, -0.2) is 4.98 Å². The van der Waals surface area contributed by atoms with Crippen LogP contribution in [0.15, 0.2) is 40.8 Å². The van der Waals surface area contributed by atoms with E-state index >= 15 is 0 Å². The SMILES string of the molecule is CN=C(NCc1ccc(OC2CCCCC2)nc1)NCc1cccs1.I. The van der Waals surface area contributed by atoms with Crippen LogP contribution in [0.2, 0.25) is 0 Å². The maximum absolute atomic E-state index is 5.97. The van der Waals surface area contributed by atoms with Crippen molar-refractivity contribution in [3.8, 4) is 5.88 Å². The monoisotopic (exact) mass is 486 g/mol. The average Bonchev–Trinajstić information content (AvgIpc) is 3.18. The first-order valence-corrected chi connectivity index (χ1v) is 9.80. The maximum atomic E-state index is 5.97. The van der Waals surface area contributed by atoms with E-state index in [1.54, 1.807) is 18.4 Å². The van der Waals surface area contributed by atoms with Crippen molar-refractivity contribution in [1.82, 2.24) is 15.6 Å². The maximum Gasteiger partial charge on any atom is 0.213 e. The predicted molar refractivity (Wildman–Crippen MR) is 119 cm³/mol. The van der Waals surface area contributed by atoms with Gasteiger partial charge in [0.2, 0.25) is 5.88 Å². The van der Waals surface area contributed by atoms with Crippen LogP contribution in [0.1, 0.15) is 42.5 Å². The van der Waals surface area contributed by atoms with Crippen LogP contribution in [0, 0.1) is 0 Å². The average molecular weight is 486 g/mol. The van der Waals surface area contributed by atoms with Crippen LogP contribution in [-0.4, -0.2) is 24.1 Å².